The van der Waals surface area contributed by atoms with Crippen LogP contribution in [0, 0.1) is 0 Å². The van der Waals surface area contributed by atoms with E-state index in [1.165, 1.54) is 18.4 Å². The van der Waals surface area contributed by atoms with Gasteiger partial charge in [0.05, 0.1) is 6.61 Å². The van der Waals surface area contributed by atoms with Gasteiger partial charge in [-0.15, -0.1) is 5.10 Å². The van der Waals surface area contributed by atoms with Crippen LogP contribution in [0.1, 0.15) is 30.3 Å². The van der Waals surface area contributed by atoms with Crippen molar-refractivity contribution in [2.24, 2.45) is 10.9 Å². The molecule has 2 heterocycles. The van der Waals surface area contributed by atoms with E-state index in [4.69, 9.17) is 19.7 Å². The molecule has 2 rings (SSSR count). The van der Waals surface area contributed by atoms with Crippen LogP contribution in [0.25, 0.3) is 0 Å². The molecule has 1 aromatic rings. The van der Waals surface area contributed by atoms with Crippen molar-refractivity contribution in [2.45, 2.75) is 25.9 Å². The highest BCUT2D eigenvalue weighted by atomic mass is 16.5. The summed E-state index contributed by atoms with van der Waals surface area (Å²) in [5, 5.41) is 3.49. The summed E-state index contributed by atoms with van der Waals surface area (Å²) in [5.74, 6) is 4.93. The number of aromatic nitrogens is 1. The molecule has 130 valence electrons. The van der Waals surface area contributed by atoms with Gasteiger partial charge in [-0.1, -0.05) is 0 Å². The first-order valence-corrected chi connectivity index (χ1v) is 7.61. The van der Waals surface area contributed by atoms with Crippen LogP contribution in [-0.4, -0.2) is 48.9 Å². The molecular weight excluding hydrogens is 316 g/mol. The maximum atomic E-state index is 11.6. The van der Waals surface area contributed by atoms with Crippen LogP contribution < -0.4 is 10.7 Å². The second kappa shape index (κ2) is 8.70. The standard InChI is InChI=1S/C15H20N4O5/c1-2-22-14(21)12-10-23-15(17-12)19-7-5-11(6-8-19)24-13(18-16)4-3-9-20/h3-4,9-11H,2,5-8,16H2,1H3/b4-3-,18-13+. The second-order valence-electron chi connectivity index (χ2n) is 5.00. The summed E-state index contributed by atoms with van der Waals surface area (Å²) in [6.07, 6.45) is 5.93. The number of nitrogens with zero attached hydrogens (tertiary/aromatic N) is 3. The fourth-order valence-electron chi connectivity index (χ4n) is 2.28. The molecule has 1 aliphatic rings. The van der Waals surface area contributed by atoms with Crippen LogP contribution in [-0.2, 0) is 14.3 Å². The summed E-state index contributed by atoms with van der Waals surface area (Å²) in [7, 11) is 0. The SMILES string of the molecule is CCOC(=O)c1coc(N2CCC(OC(/C=C\C=O)=N/N)CC2)n1. The number of carbonyl (C=O) groups is 2. The molecular formula is C15H20N4O5. The van der Waals surface area contributed by atoms with Gasteiger partial charge >= 0.3 is 5.97 Å². The number of hydrogen-bond acceptors (Lipinski definition) is 9. The van der Waals surface area contributed by atoms with Crippen molar-refractivity contribution >= 4 is 24.2 Å². The van der Waals surface area contributed by atoms with Crippen molar-refractivity contribution in [3.05, 3.63) is 24.1 Å². The Bertz CT molecular complexity index is 617. The molecule has 0 atom stereocenters. The fraction of sp³-hybridized carbons (Fsp3) is 0.467. The maximum absolute atomic E-state index is 11.6. The Labute approximate surface area is 139 Å². The van der Waals surface area contributed by atoms with E-state index in [2.05, 4.69) is 10.1 Å². The van der Waals surface area contributed by atoms with Crippen LogP contribution in [0.2, 0.25) is 0 Å². The maximum Gasteiger partial charge on any atom is 0.360 e. The molecule has 1 saturated heterocycles. The number of ether oxygens (including phenoxy) is 2. The zero-order chi connectivity index (χ0) is 17.4. The van der Waals surface area contributed by atoms with Gasteiger partial charge in [0.15, 0.2) is 5.69 Å². The first kappa shape index (κ1) is 17.5. The predicted molar refractivity (Wildman–Crippen MR) is 85.6 cm³/mol. The number of hydrogen-bond donors (Lipinski definition) is 1. The van der Waals surface area contributed by atoms with Crippen molar-refractivity contribution in [1.29, 1.82) is 0 Å². The zero-order valence-corrected chi connectivity index (χ0v) is 13.4. The molecule has 0 aliphatic carbocycles. The average molecular weight is 336 g/mol. The monoisotopic (exact) mass is 336 g/mol. The third-order valence-electron chi connectivity index (χ3n) is 3.42. The first-order chi connectivity index (χ1) is 11.7. The number of aldehydes is 1. The Hall–Kier alpha value is -2.84. The largest absolute Gasteiger partial charge is 0.473 e. The summed E-state index contributed by atoms with van der Waals surface area (Å²) in [6, 6.07) is 0.380. The molecule has 1 fully saturated rings. The number of esters is 1. The Kier molecular flexibility index (Phi) is 6.35. The first-order valence-electron chi connectivity index (χ1n) is 7.61. The second-order valence-corrected chi connectivity index (χ2v) is 5.00. The highest BCUT2D eigenvalue weighted by Gasteiger charge is 2.25. The molecule has 1 aliphatic heterocycles. The van der Waals surface area contributed by atoms with Crippen molar-refractivity contribution in [3.63, 3.8) is 0 Å². The van der Waals surface area contributed by atoms with E-state index in [9.17, 15) is 9.59 Å². The summed E-state index contributed by atoms with van der Waals surface area (Å²) < 4.78 is 15.8. The van der Waals surface area contributed by atoms with Crippen LogP contribution in [0.4, 0.5) is 6.01 Å². The number of nitrogens with two attached hydrogens (primary N) is 1. The molecule has 0 saturated carbocycles. The molecule has 9 nitrogen and oxygen atoms in total. The van der Waals surface area contributed by atoms with E-state index in [0.717, 1.165) is 0 Å². The lowest BCUT2D eigenvalue weighted by Crippen LogP contribution is -2.38. The number of rotatable bonds is 6. The lowest BCUT2D eigenvalue weighted by molar-refractivity contribution is -0.104. The van der Waals surface area contributed by atoms with Crippen molar-refractivity contribution < 1.29 is 23.5 Å². The number of piperidine rings is 1. The number of allylic oxidation sites excluding steroid dienone is 1. The lowest BCUT2D eigenvalue weighted by atomic mass is 10.1. The van der Waals surface area contributed by atoms with Crippen molar-refractivity contribution in [2.75, 3.05) is 24.6 Å². The van der Waals surface area contributed by atoms with Gasteiger partial charge in [-0.2, -0.15) is 4.98 Å². The summed E-state index contributed by atoms with van der Waals surface area (Å²) in [6.45, 7) is 3.30. The highest BCUT2D eigenvalue weighted by Crippen LogP contribution is 2.21. The van der Waals surface area contributed by atoms with E-state index in [0.29, 0.717) is 38.2 Å². The topological polar surface area (TPSA) is 120 Å². The van der Waals surface area contributed by atoms with E-state index < -0.39 is 5.97 Å². The van der Waals surface area contributed by atoms with Crippen LogP contribution in [0.15, 0.2) is 27.9 Å². The minimum Gasteiger partial charge on any atom is -0.473 e. The van der Waals surface area contributed by atoms with Crippen LogP contribution in [0.3, 0.4) is 0 Å². The Morgan fingerprint density at radius 2 is 2.29 bits per heavy atom. The number of hydrazone groups is 1. The smallest absolute Gasteiger partial charge is 0.360 e. The summed E-state index contributed by atoms with van der Waals surface area (Å²) >= 11 is 0. The molecule has 0 unspecified atom stereocenters. The molecule has 0 aromatic carbocycles. The average Bonchev–Trinajstić information content (AvgIpc) is 3.09. The van der Waals surface area contributed by atoms with Gasteiger partial charge < -0.3 is 24.6 Å². The van der Waals surface area contributed by atoms with Gasteiger partial charge in [-0.25, -0.2) is 4.79 Å². The Balaban J connectivity index is 1.87. The number of oxazole rings is 1. The quantitative estimate of drug-likeness (QED) is 0.154. The normalized spacial score (nSPS) is 16.4. The Morgan fingerprint density at radius 1 is 1.54 bits per heavy atom. The van der Waals surface area contributed by atoms with Crippen LogP contribution in [0.5, 0.6) is 0 Å². The van der Waals surface area contributed by atoms with Gasteiger partial charge in [0.1, 0.15) is 18.7 Å². The minimum atomic E-state index is -0.503. The molecule has 24 heavy (non-hydrogen) atoms. The van der Waals surface area contributed by atoms with Gasteiger partial charge in [0.25, 0.3) is 6.01 Å². The van der Waals surface area contributed by atoms with Crippen LogP contribution >= 0.6 is 0 Å². The highest BCUT2D eigenvalue weighted by molar-refractivity contribution is 5.91. The van der Waals surface area contributed by atoms with Gasteiger partial charge in [0, 0.05) is 32.0 Å². The molecule has 0 bridgehead atoms. The van der Waals surface area contributed by atoms with E-state index in [1.807, 2.05) is 4.90 Å². The van der Waals surface area contributed by atoms with Gasteiger partial charge in [-0.05, 0) is 13.0 Å². The third kappa shape index (κ3) is 4.58. The fourth-order valence-corrected chi connectivity index (χ4v) is 2.28. The molecule has 0 radical (unpaired) electrons. The Morgan fingerprint density at radius 3 is 2.92 bits per heavy atom. The summed E-state index contributed by atoms with van der Waals surface area (Å²) in [5.41, 5.74) is 0.154. The predicted octanol–water partition coefficient (Wildman–Crippen LogP) is 0.864. The number of carbonyl (C=O) groups excluding carboxylic acids is 2. The molecule has 0 amide bonds. The zero-order valence-electron chi connectivity index (χ0n) is 13.4. The molecule has 0 spiro atoms. The van der Waals surface area contributed by atoms with Crippen molar-refractivity contribution in [1.82, 2.24) is 4.98 Å². The van der Waals surface area contributed by atoms with E-state index in [-0.39, 0.29) is 24.3 Å². The van der Waals surface area contributed by atoms with Gasteiger partial charge in [0.2, 0.25) is 5.90 Å². The van der Waals surface area contributed by atoms with Gasteiger partial charge in [-0.3, -0.25) is 4.79 Å². The molecule has 1 aromatic heterocycles. The van der Waals surface area contributed by atoms with E-state index >= 15 is 0 Å². The summed E-state index contributed by atoms with van der Waals surface area (Å²) in [4.78, 5) is 28.0. The van der Waals surface area contributed by atoms with Crippen molar-refractivity contribution in [3.8, 4) is 0 Å². The minimum absolute atomic E-state index is 0.0701. The van der Waals surface area contributed by atoms with E-state index in [1.54, 1.807) is 6.92 Å². The third-order valence-corrected chi connectivity index (χ3v) is 3.42. The number of anilines is 1. The lowest BCUT2D eigenvalue weighted by Gasteiger charge is -2.30. The molecule has 2 N–H and O–H groups in total. The molecule has 9 heteroatoms.